The van der Waals surface area contributed by atoms with Crippen molar-refractivity contribution in [1.82, 2.24) is 0 Å². The number of sulfone groups is 1. The Kier molecular flexibility index (Phi) is 6.18. The van der Waals surface area contributed by atoms with Crippen LogP contribution in [-0.2, 0) is 9.84 Å². The minimum atomic E-state index is -3.96. The van der Waals surface area contributed by atoms with Crippen molar-refractivity contribution in [3.05, 3.63) is 58.4 Å². The first kappa shape index (κ1) is 22.6. The molecule has 2 aromatic carbocycles. The maximum atomic E-state index is 13.4. The number of hydrogen-bond donors (Lipinski definition) is 2. The molecule has 5 nitrogen and oxygen atoms in total. The zero-order valence-corrected chi connectivity index (χ0v) is 17.5. The van der Waals surface area contributed by atoms with Gasteiger partial charge in [-0.15, -0.1) is 0 Å². The Morgan fingerprint density at radius 3 is 2.27 bits per heavy atom. The number of rotatable bonds is 4. The quantitative estimate of drug-likeness (QED) is 0.658. The third kappa shape index (κ3) is 4.19. The van der Waals surface area contributed by atoms with E-state index in [0.717, 1.165) is 6.07 Å². The summed E-state index contributed by atoms with van der Waals surface area (Å²) in [6.45, 7) is 1.57. The first-order valence-corrected chi connectivity index (χ1v) is 11.0. The Bertz CT molecular complexity index is 1080. The van der Waals surface area contributed by atoms with Crippen LogP contribution >= 0.6 is 11.6 Å². The van der Waals surface area contributed by atoms with Crippen LogP contribution in [0.15, 0.2) is 35.2 Å². The molecule has 1 aliphatic rings. The summed E-state index contributed by atoms with van der Waals surface area (Å²) in [5.41, 5.74) is -0.438. The van der Waals surface area contributed by atoms with Crippen molar-refractivity contribution in [2.75, 3.05) is 5.32 Å². The van der Waals surface area contributed by atoms with Crippen molar-refractivity contribution in [1.29, 1.82) is 0 Å². The highest BCUT2D eigenvalue weighted by Crippen LogP contribution is 2.41. The van der Waals surface area contributed by atoms with Crippen LogP contribution in [0.4, 0.5) is 18.9 Å². The van der Waals surface area contributed by atoms with E-state index in [1.165, 1.54) is 12.1 Å². The number of anilines is 1. The maximum Gasteiger partial charge on any atom is 0.255 e. The Morgan fingerprint density at radius 2 is 1.70 bits per heavy atom. The van der Waals surface area contributed by atoms with E-state index in [4.69, 9.17) is 11.6 Å². The van der Waals surface area contributed by atoms with Gasteiger partial charge < -0.3 is 10.4 Å². The second-order valence-electron chi connectivity index (χ2n) is 7.54. The lowest BCUT2D eigenvalue weighted by molar-refractivity contribution is 0.102. The predicted octanol–water partition coefficient (Wildman–Crippen LogP) is 4.48. The molecule has 30 heavy (non-hydrogen) atoms. The van der Waals surface area contributed by atoms with Crippen molar-refractivity contribution < 1.29 is 31.5 Å². The second-order valence-corrected chi connectivity index (χ2v) is 10.4. The summed E-state index contributed by atoms with van der Waals surface area (Å²) in [7, 11) is -3.96. The van der Waals surface area contributed by atoms with Gasteiger partial charge in [-0.1, -0.05) is 11.6 Å². The smallest absolute Gasteiger partial charge is 0.255 e. The molecule has 0 heterocycles. The molecule has 10 heteroatoms. The van der Waals surface area contributed by atoms with Gasteiger partial charge in [0.25, 0.3) is 5.91 Å². The SMILES string of the molecule is C[C@]1(S(=O)(=O)c2cc(C(=O)Nc3cc(F)c(F)c(F)c3)ccc2Cl)CC[C@H](O)CC1. The van der Waals surface area contributed by atoms with Gasteiger partial charge in [-0.25, -0.2) is 21.6 Å². The molecule has 0 aliphatic heterocycles. The summed E-state index contributed by atoms with van der Waals surface area (Å²) in [5, 5.41) is 11.8. The number of hydrogen-bond acceptors (Lipinski definition) is 4. The minimum absolute atomic E-state index is 0.0715. The molecule has 0 atom stereocenters. The molecule has 0 aromatic heterocycles. The van der Waals surface area contributed by atoms with E-state index in [0.29, 0.717) is 25.0 Å². The zero-order valence-electron chi connectivity index (χ0n) is 15.9. The Balaban J connectivity index is 1.92. The van der Waals surface area contributed by atoms with Crippen LogP contribution in [0.1, 0.15) is 43.0 Å². The van der Waals surface area contributed by atoms with Gasteiger partial charge in [0, 0.05) is 23.4 Å². The highest BCUT2D eigenvalue weighted by molar-refractivity contribution is 7.93. The van der Waals surface area contributed by atoms with Crippen molar-refractivity contribution in [2.45, 2.75) is 48.4 Å². The number of amides is 1. The van der Waals surface area contributed by atoms with Crippen LogP contribution < -0.4 is 5.32 Å². The average Bonchev–Trinajstić information content (AvgIpc) is 2.68. The van der Waals surface area contributed by atoms with Gasteiger partial charge in [0.2, 0.25) is 0 Å². The molecule has 0 saturated heterocycles. The van der Waals surface area contributed by atoms with E-state index in [-0.39, 0.29) is 34.0 Å². The van der Waals surface area contributed by atoms with Crippen molar-refractivity contribution >= 4 is 33.0 Å². The monoisotopic (exact) mass is 461 g/mol. The predicted molar refractivity (Wildman–Crippen MR) is 106 cm³/mol. The summed E-state index contributed by atoms with van der Waals surface area (Å²) in [4.78, 5) is 12.2. The number of halogens is 4. The highest BCUT2D eigenvalue weighted by atomic mass is 35.5. The van der Waals surface area contributed by atoms with Gasteiger partial charge in [0.1, 0.15) is 0 Å². The van der Waals surface area contributed by atoms with Gasteiger partial charge in [-0.3, -0.25) is 4.79 Å². The molecule has 0 radical (unpaired) electrons. The molecule has 0 bridgehead atoms. The van der Waals surface area contributed by atoms with Crippen molar-refractivity contribution in [2.24, 2.45) is 0 Å². The second kappa shape index (κ2) is 8.20. The van der Waals surface area contributed by atoms with Crippen LogP contribution in [0.25, 0.3) is 0 Å². The van der Waals surface area contributed by atoms with Gasteiger partial charge in [-0.2, -0.15) is 0 Å². The van der Waals surface area contributed by atoms with E-state index in [9.17, 15) is 31.5 Å². The van der Waals surface area contributed by atoms with Crippen LogP contribution in [0.2, 0.25) is 5.02 Å². The summed E-state index contributed by atoms with van der Waals surface area (Å²) < 4.78 is 65.2. The largest absolute Gasteiger partial charge is 0.393 e. The lowest BCUT2D eigenvalue weighted by Crippen LogP contribution is -2.40. The fraction of sp³-hybridized carbons (Fsp3) is 0.350. The summed E-state index contributed by atoms with van der Waals surface area (Å²) in [5.74, 6) is -5.47. The van der Waals surface area contributed by atoms with Crippen LogP contribution in [-0.4, -0.2) is 30.3 Å². The van der Waals surface area contributed by atoms with E-state index in [1.807, 2.05) is 0 Å². The molecule has 1 saturated carbocycles. The van der Waals surface area contributed by atoms with Gasteiger partial charge in [-0.05, 0) is 50.8 Å². The molecule has 1 fully saturated rings. The number of carbonyl (C=O) groups is 1. The fourth-order valence-corrected chi connectivity index (χ4v) is 5.76. The lowest BCUT2D eigenvalue weighted by Gasteiger charge is -2.35. The molecule has 3 rings (SSSR count). The van der Waals surface area contributed by atoms with Crippen LogP contribution in [0, 0.1) is 17.5 Å². The molecular weight excluding hydrogens is 443 g/mol. The standard InChI is InChI=1S/C20H19ClF3NO4S/c1-20(6-4-13(26)5-7-20)30(28,29)17-8-11(2-3-14(17)21)19(27)25-12-9-15(22)18(24)16(23)10-12/h2-3,8-10,13,26H,4-7H2,1H3,(H,25,27)/t13-,20-. The minimum Gasteiger partial charge on any atom is -0.393 e. The van der Waals surface area contributed by atoms with E-state index in [1.54, 1.807) is 6.92 Å². The fourth-order valence-electron chi connectivity index (χ4n) is 3.43. The van der Waals surface area contributed by atoms with Crippen molar-refractivity contribution in [3.63, 3.8) is 0 Å². The normalized spacial score (nSPS) is 22.0. The van der Waals surface area contributed by atoms with Crippen LogP contribution in [0.5, 0.6) is 0 Å². The molecule has 0 spiro atoms. The first-order chi connectivity index (χ1) is 13.9. The molecule has 2 N–H and O–H groups in total. The average molecular weight is 462 g/mol. The topological polar surface area (TPSA) is 83.5 Å². The van der Waals surface area contributed by atoms with Gasteiger partial charge in [0.05, 0.1) is 20.8 Å². The molecule has 162 valence electrons. The van der Waals surface area contributed by atoms with Crippen molar-refractivity contribution in [3.8, 4) is 0 Å². The summed E-state index contributed by atoms with van der Waals surface area (Å²) in [6.07, 6.45) is 0.566. The maximum absolute atomic E-state index is 13.4. The third-order valence-corrected chi connectivity index (χ3v) is 8.45. The molecule has 1 aliphatic carbocycles. The molecule has 1 amide bonds. The number of benzene rings is 2. The van der Waals surface area contributed by atoms with Gasteiger partial charge >= 0.3 is 0 Å². The summed E-state index contributed by atoms with van der Waals surface area (Å²) in [6, 6.07) is 4.83. The molecular formula is C20H19ClF3NO4S. The highest BCUT2D eigenvalue weighted by Gasteiger charge is 2.43. The Morgan fingerprint density at radius 1 is 1.13 bits per heavy atom. The molecule has 2 aromatic rings. The van der Waals surface area contributed by atoms with E-state index in [2.05, 4.69) is 5.32 Å². The number of aliphatic hydroxyl groups excluding tert-OH is 1. The van der Waals surface area contributed by atoms with Gasteiger partial charge in [0.15, 0.2) is 27.3 Å². The molecule has 0 unspecified atom stereocenters. The van der Waals surface area contributed by atoms with E-state index >= 15 is 0 Å². The number of nitrogens with one attached hydrogen (secondary N) is 1. The zero-order chi connectivity index (χ0) is 22.3. The Hall–Kier alpha value is -2.10. The lowest BCUT2D eigenvalue weighted by atomic mass is 9.88. The number of aliphatic hydroxyl groups is 1. The number of carbonyl (C=O) groups excluding carboxylic acids is 1. The third-order valence-electron chi connectivity index (χ3n) is 5.39. The Labute approximate surface area is 176 Å². The van der Waals surface area contributed by atoms with E-state index < -0.39 is 44.0 Å². The first-order valence-electron chi connectivity index (χ1n) is 9.13. The van der Waals surface area contributed by atoms with Crippen LogP contribution in [0.3, 0.4) is 0 Å². The summed E-state index contributed by atoms with van der Waals surface area (Å²) >= 11 is 6.11.